The number of rotatable bonds is 6. The number of benzene rings is 2. The van der Waals surface area contributed by atoms with Crippen molar-refractivity contribution in [2.75, 3.05) is 6.54 Å². The van der Waals surface area contributed by atoms with E-state index in [9.17, 15) is 9.59 Å². The number of carbonyl (C=O) groups is 2. The van der Waals surface area contributed by atoms with Crippen molar-refractivity contribution in [1.29, 1.82) is 0 Å². The second kappa shape index (κ2) is 9.26. The summed E-state index contributed by atoms with van der Waals surface area (Å²) in [5.74, 6) is -0.492. The van der Waals surface area contributed by atoms with Crippen LogP contribution in [0.1, 0.15) is 18.1 Å². The molecule has 1 aliphatic heterocycles. The number of nitrogens with zero attached hydrogens (tertiary/aromatic N) is 1. The van der Waals surface area contributed by atoms with Gasteiger partial charge in [-0.2, -0.15) is 0 Å². The molecule has 1 unspecified atom stereocenters. The average Bonchev–Trinajstić information content (AvgIpc) is 3.29. The number of fused-ring (bicyclic) bond motifs is 1. The normalized spacial score (nSPS) is 16.3. The molecule has 1 aromatic heterocycles. The van der Waals surface area contributed by atoms with Crippen molar-refractivity contribution in [2.45, 2.75) is 19.4 Å². The zero-order chi connectivity index (χ0) is 22.0. The molecule has 2 heterocycles. The van der Waals surface area contributed by atoms with Crippen molar-refractivity contribution in [3.63, 3.8) is 0 Å². The van der Waals surface area contributed by atoms with Gasteiger partial charge in [-0.05, 0) is 48.7 Å². The van der Waals surface area contributed by atoms with Gasteiger partial charge in [-0.1, -0.05) is 65.9 Å². The minimum absolute atomic E-state index is 0.233. The van der Waals surface area contributed by atoms with Crippen molar-refractivity contribution >= 4 is 68.7 Å². The predicted octanol–water partition coefficient (Wildman–Crippen LogP) is 4.77. The fraction of sp³-hybridized carbons (Fsp3) is 0.174. The van der Waals surface area contributed by atoms with Gasteiger partial charge in [0.15, 0.2) is 0 Å². The summed E-state index contributed by atoms with van der Waals surface area (Å²) < 4.78 is 0.379. The highest BCUT2D eigenvalue weighted by Gasteiger charge is 2.38. The lowest BCUT2D eigenvalue weighted by atomic mass is 10.1. The maximum atomic E-state index is 12.9. The molecule has 5 nitrogen and oxygen atoms in total. The van der Waals surface area contributed by atoms with Crippen LogP contribution < -0.4 is 5.32 Å². The number of aromatic nitrogens is 1. The van der Waals surface area contributed by atoms with Crippen LogP contribution in [-0.4, -0.2) is 38.6 Å². The van der Waals surface area contributed by atoms with Crippen molar-refractivity contribution in [3.8, 4) is 0 Å². The number of H-pyrrole nitrogens is 1. The summed E-state index contributed by atoms with van der Waals surface area (Å²) in [5, 5.41) is 4.70. The highest BCUT2D eigenvalue weighted by molar-refractivity contribution is 8.26. The van der Waals surface area contributed by atoms with Crippen molar-refractivity contribution < 1.29 is 9.59 Å². The van der Waals surface area contributed by atoms with Gasteiger partial charge >= 0.3 is 0 Å². The first-order valence-electron chi connectivity index (χ1n) is 9.79. The predicted molar refractivity (Wildman–Crippen MR) is 131 cm³/mol. The second-order valence-electron chi connectivity index (χ2n) is 7.18. The topological polar surface area (TPSA) is 65.2 Å². The van der Waals surface area contributed by atoms with E-state index < -0.39 is 6.04 Å². The maximum Gasteiger partial charge on any atom is 0.266 e. The van der Waals surface area contributed by atoms with Gasteiger partial charge in [0.25, 0.3) is 5.91 Å². The van der Waals surface area contributed by atoms with Gasteiger partial charge in [0, 0.05) is 28.7 Å². The molecule has 1 atom stereocenters. The Morgan fingerprint density at radius 1 is 1.26 bits per heavy atom. The molecule has 0 bridgehead atoms. The quantitative estimate of drug-likeness (QED) is 0.403. The molecule has 158 valence electrons. The fourth-order valence-electron chi connectivity index (χ4n) is 3.45. The van der Waals surface area contributed by atoms with Crippen LogP contribution in [0.2, 0.25) is 5.02 Å². The molecular formula is C23H20ClN3O2S2. The van der Waals surface area contributed by atoms with E-state index >= 15 is 0 Å². The molecule has 0 aliphatic carbocycles. The Labute approximate surface area is 194 Å². The molecule has 2 N–H and O–H groups in total. The molecule has 4 rings (SSSR count). The highest BCUT2D eigenvalue weighted by Crippen LogP contribution is 2.34. The Balaban J connectivity index is 1.38. The van der Waals surface area contributed by atoms with E-state index in [1.165, 1.54) is 16.7 Å². The molecule has 0 radical (unpaired) electrons. The van der Waals surface area contributed by atoms with Crippen molar-refractivity contribution in [2.24, 2.45) is 0 Å². The summed E-state index contributed by atoms with van der Waals surface area (Å²) in [6.07, 6.45) is 4.42. The largest absolute Gasteiger partial charge is 0.361 e. The van der Waals surface area contributed by atoms with Crippen molar-refractivity contribution in [3.05, 3.63) is 75.8 Å². The first kappa shape index (κ1) is 21.6. The van der Waals surface area contributed by atoms with E-state index in [-0.39, 0.29) is 11.8 Å². The number of thioether (sulfide) groups is 1. The number of carbonyl (C=O) groups excluding carboxylic acids is 2. The Morgan fingerprint density at radius 2 is 2.00 bits per heavy atom. The molecule has 0 saturated carbocycles. The minimum Gasteiger partial charge on any atom is -0.361 e. The third-order valence-corrected chi connectivity index (χ3v) is 6.71. The van der Waals surface area contributed by atoms with Gasteiger partial charge in [0.2, 0.25) is 5.91 Å². The molecule has 1 fully saturated rings. The first-order valence-corrected chi connectivity index (χ1v) is 11.4. The van der Waals surface area contributed by atoms with Crippen LogP contribution in [0.3, 0.4) is 0 Å². The number of halogens is 1. The van der Waals surface area contributed by atoms with E-state index in [2.05, 4.69) is 16.4 Å². The molecule has 31 heavy (non-hydrogen) atoms. The highest BCUT2D eigenvalue weighted by atomic mass is 35.5. The number of para-hydroxylation sites is 1. The minimum atomic E-state index is -0.688. The van der Waals surface area contributed by atoms with Gasteiger partial charge < -0.3 is 10.3 Å². The lowest BCUT2D eigenvalue weighted by Crippen LogP contribution is -2.47. The van der Waals surface area contributed by atoms with Crippen LogP contribution in [0.15, 0.2) is 59.6 Å². The van der Waals surface area contributed by atoms with Gasteiger partial charge in [-0.15, -0.1) is 0 Å². The van der Waals surface area contributed by atoms with E-state index in [1.54, 1.807) is 25.1 Å². The maximum absolute atomic E-state index is 12.9. The molecular weight excluding hydrogens is 450 g/mol. The van der Waals surface area contributed by atoms with Gasteiger partial charge in [0.05, 0.1) is 4.91 Å². The lowest BCUT2D eigenvalue weighted by molar-refractivity contribution is -0.132. The average molecular weight is 470 g/mol. The van der Waals surface area contributed by atoms with Crippen LogP contribution in [0.25, 0.3) is 17.0 Å². The molecule has 8 heteroatoms. The second-order valence-corrected chi connectivity index (χ2v) is 9.29. The van der Waals surface area contributed by atoms with E-state index in [0.29, 0.717) is 27.2 Å². The monoisotopic (exact) mass is 469 g/mol. The molecule has 0 spiro atoms. The Bertz CT molecular complexity index is 1190. The molecule has 1 aliphatic rings. The summed E-state index contributed by atoms with van der Waals surface area (Å²) >= 11 is 12.5. The van der Waals surface area contributed by atoms with E-state index in [4.69, 9.17) is 23.8 Å². The third kappa shape index (κ3) is 4.69. The summed E-state index contributed by atoms with van der Waals surface area (Å²) in [7, 11) is 0. The standard InChI is InChI=1S/C23H20ClN3O2S2/c1-14(21(28)25-11-10-16-13-26-19-5-3-2-4-18(16)19)27-22(29)20(31-23(27)30)12-15-6-8-17(24)9-7-15/h2-9,12-14,26H,10-11H2,1H3,(H,25,28). The van der Waals surface area contributed by atoms with E-state index in [0.717, 1.165) is 22.0 Å². The lowest BCUT2D eigenvalue weighted by Gasteiger charge is -2.22. The Kier molecular flexibility index (Phi) is 6.46. The molecule has 3 aromatic rings. The van der Waals surface area contributed by atoms with Crippen LogP contribution in [0.5, 0.6) is 0 Å². The number of hydrogen-bond acceptors (Lipinski definition) is 4. The summed E-state index contributed by atoms with van der Waals surface area (Å²) in [5.41, 5.74) is 3.06. The van der Waals surface area contributed by atoms with Crippen LogP contribution in [0, 0.1) is 0 Å². The third-order valence-electron chi connectivity index (χ3n) is 5.13. The zero-order valence-corrected chi connectivity index (χ0v) is 19.1. The zero-order valence-electron chi connectivity index (χ0n) is 16.7. The SMILES string of the molecule is CC(C(=O)NCCc1c[nH]c2ccccc12)N1C(=O)C(=Cc2ccc(Cl)cc2)SC1=S. The Morgan fingerprint density at radius 3 is 2.77 bits per heavy atom. The first-order chi connectivity index (χ1) is 14.9. The summed E-state index contributed by atoms with van der Waals surface area (Å²) in [6.45, 7) is 2.16. The molecule has 2 aromatic carbocycles. The number of thiocarbonyl (C=S) groups is 1. The van der Waals surface area contributed by atoms with Crippen LogP contribution in [-0.2, 0) is 16.0 Å². The number of nitrogens with one attached hydrogen (secondary N) is 2. The fourth-order valence-corrected chi connectivity index (χ4v) is 4.99. The number of amides is 2. The Hall–Kier alpha value is -2.61. The number of hydrogen-bond donors (Lipinski definition) is 2. The van der Waals surface area contributed by atoms with Gasteiger partial charge in [-0.25, -0.2) is 0 Å². The van der Waals surface area contributed by atoms with Gasteiger partial charge in [-0.3, -0.25) is 14.5 Å². The van der Waals surface area contributed by atoms with Gasteiger partial charge in [0.1, 0.15) is 10.4 Å². The van der Waals surface area contributed by atoms with Crippen molar-refractivity contribution in [1.82, 2.24) is 15.2 Å². The van der Waals surface area contributed by atoms with Crippen LogP contribution in [0.4, 0.5) is 0 Å². The molecule has 2 amide bonds. The smallest absolute Gasteiger partial charge is 0.266 e. The molecule has 1 saturated heterocycles. The number of aromatic amines is 1. The van der Waals surface area contributed by atoms with E-state index in [1.807, 2.05) is 36.5 Å². The van der Waals surface area contributed by atoms with Crippen LogP contribution >= 0.6 is 35.6 Å². The summed E-state index contributed by atoms with van der Waals surface area (Å²) in [6, 6.07) is 14.5. The summed E-state index contributed by atoms with van der Waals surface area (Å²) in [4.78, 5) is 30.7.